The first-order valence-electron chi connectivity index (χ1n) is 7.24. The highest BCUT2D eigenvalue weighted by Crippen LogP contribution is 2.00. The molecule has 0 bridgehead atoms. The highest BCUT2D eigenvalue weighted by atomic mass is 16.5. The minimum absolute atomic E-state index is 0.377. The molecule has 1 unspecified atom stereocenters. The van der Waals surface area contributed by atoms with Crippen molar-refractivity contribution >= 4 is 29.6 Å². The quantitative estimate of drug-likeness (QED) is 0.362. The molecule has 0 saturated carbocycles. The lowest BCUT2D eigenvalue weighted by molar-refractivity contribution is -0.145. The summed E-state index contributed by atoms with van der Waals surface area (Å²) in [6, 6.07) is 5.77. The first-order valence-corrected chi connectivity index (χ1v) is 7.24. The van der Waals surface area contributed by atoms with E-state index in [4.69, 9.17) is 15.9 Å². The number of Topliss-reactive ketones (excluding diaryl/α,β-unsaturated/α-hetero) is 1. The summed E-state index contributed by atoms with van der Waals surface area (Å²) in [7, 11) is 1.16. The lowest BCUT2D eigenvalue weighted by atomic mass is 10.1. The van der Waals surface area contributed by atoms with E-state index in [0.29, 0.717) is 5.56 Å². The Bertz CT molecular complexity index is 659. The van der Waals surface area contributed by atoms with Crippen molar-refractivity contribution in [1.29, 1.82) is 0 Å². The van der Waals surface area contributed by atoms with Crippen LogP contribution in [0.25, 0.3) is 0 Å². The number of carbonyl (C=O) groups is 5. The average molecular weight is 368 g/mol. The second-order valence-corrected chi connectivity index (χ2v) is 4.95. The van der Waals surface area contributed by atoms with Crippen LogP contribution < -0.4 is 11.1 Å². The molecule has 1 amide bonds. The molecule has 1 aromatic carbocycles. The number of ether oxygens (including phenoxy) is 1. The molecule has 0 radical (unpaired) electrons. The van der Waals surface area contributed by atoms with Gasteiger partial charge in [0.05, 0.1) is 13.5 Å². The normalized spacial score (nSPS) is 11.8. The maximum absolute atomic E-state index is 11.7. The van der Waals surface area contributed by atoms with Crippen molar-refractivity contribution in [1.82, 2.24) is 5.32 Å². The predicted octanol–water partition coefficient (Wildman–Crippen LogP) is -0.580. The highest BCUT2D eigenvalue weighted by molar-refractivity contribution is 6.07. The van der Waals surface area contributed by atoms with Crippen LogP contribution >= 0.6 is 0 Å². The Morgan fingerprint density at radius 2 is 1.65 bits per heavy atom. The van der Waals surface area contributed by atoms with Gasteiger partial charge in [0.25, 0.3) is 5.91 Å². The molecule has 0 aromatic heterocycles. The Morgan fingerprint density at radius 1 is 1.12 bits per heavy atom. The molecule has 5 N–H and O–H groups in total. The molecule has 0 spiro atoms. The molecule has 1 rings (SSSR count). The van der Waals surface area contributed by atoms with E-state index in [1.165, 1.54) is 6.92 Å². The summed E-state index contributed by atoms with van der Waals surface area (Å²) >= 11 is 0. The van der Waals surface area contributed by atoms with Crippen LogP contribution in [0.1, 0.15) is 23.7 Å². The number of ketones is 1. The van der Waals surface area contributed by atoms with Gasteiger partial charge in [-0.1, -0.05) is 18.2 Å². The van der Waals surface area contributed by atoms with Crippen molar-refractivity contribution in [2.75, 3.05) is 7.11 Å². The molecule has 142 valence electrons. The van der Waals surface area contributed by atoms with E-state index in [-0.39, 0.29) is 0 Å². The zero-order valence-corrected chi connectivity index (χ0v) is 14.2. The zero-order valence-electron chi connectivity index (χ0n) is 14.2. The van der Waals surface area contributed by atoms with Gasteiger partial charge in [0.15, 0.2) is 11.8 Å². The van der Waals surface area contributed by atoms with Gasteiger partial charge in [-0.25, -0.2) is 4.79 Å². The summed E-state index contributed by atoms with van der Waals surface area (Å²) in [6.45, 7) is 1.22. The van der Waals surface area contributed by atoms with Crippen LogP contribution in [0.5, 0.6) is 0 Å². The van der Waals surface area contributed by atoms with E-state index in [0.717, 1.165) is 7.11 Å². The van der Waals surface area contributed by atoms with Crippen LogP contribution in [-0.4, -0.2) is 59.0 Å². The summed E-state index contributed by atoms with van der Waals surface area (Å²) < 4.78 is 4.44. The maximum atomic E-state index is 11.7. The molecule has 0 aliphatic heterocycles. The largest absolute Gasteiger partial charge is 0.481 e. The number of methoxy groups -OCH3 is 1. The summed E-state index contributed by atoms with van der Waals surface area (Å²) in [6.07, 6.45) is -0.532. The third kappa shape index (κ3) is 8.55. The molecule has 2 atom stereocenters. The number of aliphatic carboxylic acids is 2. The highest BCUT2D eigenvalue weighted by Gasteiger charge is 2.26. The van der Waals surface area contributed by atoms with Gasteiger partial charge in [-0.15, -0.1) is 0 Å². The summed E-state index contributed by atoms with van der Waals surface area (Å²) in [4.78, 5) is 53.8. The molecule has 0 aliphatic rings. The number of nitrogens with two attached hydrogens (primary N) is 1. The third-order valence-electron chi connectivity index (χ3n) is 2.87. The molecule has 0 heterocycles. The van der Waals surface area contributed by atoms with Gasteiger partial charge >= 0.3 is 17.9 Å². The predicted molar refractivity (Wildman–Crippen MR) is 88.3 cm³/mol. The summed E-state index contributed by atoms with van der Waals surface area (Å²) in [5.41, 5.74) is 5.21. The Morgan fingerprint density at radius 3 is 2.00 bits per heavy atom. The van der Waals surface area contributed by atoms with E-state index in [9.17, 15) is 24.0 Å². The van der Waals surface area contributed by atoms with Crippen molar-refractivity contribution in [3.63, 3.8) is 0 Å². The van der Waals surface area contributed by atoms with E-state index >= 15 is 0 Å². The number of hydrogen-bond acceptors (Lipinski definition) is 7. The van der Waals surface area contributed by atoms with Crippen LogP contribution in [0.4, 0.5) is 0 Å². The van der Waals surface area contributed by atoms with Crippen LogP contribution in [0.15, 0.2) is 30.3 Å². The fourth-order valence-electron chi connectivity index (χ4n) is 1.52. The van der Waals surface area contributed by atoms with E-state index in [2.05, 4.69) is 10.1 Å². The molecule has 1 aromatic rings. The number of esters is 1. The van der Waals surface area contributed by atoms with Crippen molar-refractivity contribution in [2.24, 2.45) is 5.73 Å². The molecule has 26 heavy (non-hydrogen) atoms. The van der Waals surface area contributed by atoms with Crippen LogP contribution in [-0.2, 0) is 23.9 Å². The van der Waals surface area contributed by atoms with Gasteiger partial charge in [0, 0.05) is 5.56 Å². The third-order valence-corrected chi connectivity index (χ3v) is 2.87. The van der Waals surface area contributed by atoms with Crippen LogP contribution in [0.2, 0.25) is 0 Å². The minimum atomic E-state index is -1.29. The number of carbonyl (C=O) groups excluding carboxylic acids is 3. The average Bonchev–Trinajstić information content (AvgIpc) is 2.59. The van der Waals surface area contributed by atoms with Gasteiger partial charge in [0.1, 0.15) is 6.04 Å². The summed E-state index contributed by atoms with van der Waals surface area (Å²) in [5.74, 6) is -4.23. The van der Waals surface area contributed by atoms with Crippen LogP contribution in [0, 0.1) is 0 Å². The molecule has 0 aliphatic carbocycles. The Kier molecular flexibility index (Phi) is 9.89. The van der Waals surface area contributed by atoms with Crippen LogP contribution in [0.3, 0.4) is 0 Å². The van der Waals surface area contributed by atoms with Gasteiger partial charge < -0.3 is 26.0 Å². The molecule has 0 saturated heterocycles. The Labute approximate surface area is 148 Å². The maximum Gasteiger partial charge on any atom is 0.336 e. The number of amides is 1. The second-order valence-electron chi connectivity index (χ2n) is 4.95. The molecule has 0 fully saturated rings. The van der Waals surface area contributed by atoms with Gasteiger partial charge in [-0.2, -0.15) is 0 Å². The minimum Gasteiger partial charge on any atom is -0.481 e. The lowest BCUT2D eigenvalue weighted by Gasteiger charge is -2.13. The van der Waals surface area contributed by atoms with Crippen molar-refractivity contribution in [2.45, 2.75) is 25.4 Å². The van der Waals surface area contributed by atoms with Crippen molar-refractivity contribution < 1.29 is 38.9 Å². The number of carboxylic acid groups (broad SMARTS) is 2. The zero-order chi connectivity index (χ0) is 20.3. The number of carboxylic acids is 2. The first kappa shape index (κ1) is 22.7. The molecular formula is C16H20N2O8. The monoisotopic (exact) mass is 368 g/mol. The first-order chi connectivity index (χ1) is 12.1. The van der Waals surface area contributed by atoms with Gasteiger partial charge in [-0.3, -0.25) is 19.2 Å². The van der Waals surface area contributed by atoms with E-state index in [1.807, 2.05) is 0 Å². The standard InChI is InChI=1S/C12H13NO4.C4H7NO4/c1-8(14)10(12(16)17-2)13-11(15)9-6-4-3-5-7-9;5-2(4(8)9)1-3(6)7/h3-7,10H,1-2H3,(H,13,15);2H,1,5H2,(H,6,7)(H,8,9)/t;2-/m.0/s1. The molecule has 10 heteroatoms. The van der Waals surface area contributed by atoms with Crippen molar-refractivity contribution in [3.05, 3.63) is 35.9 Å². The fraction of sp³-hybridized carbons (Fsp3) is 0.312. The molecular weight excluding hydrogens is 348 g/mol. The van der Waals surface area contributed by atoms with E-state index < -0.39 is 48.1 Å². The fourth-order valence-corrected chi connectivity index (χ4v) is 1.52. The summed E-state index contributed by atoms with van der Waals surface area (Å²) in [5, 5.41) is 18.4. The lowest BCUT2D eigenvalue weighted by Crippen LogP contribution is -2.46. The number of hydrogen-bond donors (Lipinski definition) is 4. The number of nitrogens with one attached hydrogen (secondary N) is 1. The second kappa shape index (κ2) is 11.3. The SMILES string of the molecule is COC(=O)C(NC(=O)c1ccccc1)C(C)=O.N[C@@H](CC(=O)O)C(=O)O. The number of benzene rings is 1. The van der Waals surface area contributed by atoms with E-state index in [1.54, 1.807) is 30.3 Å². The topological polar surface area (TPSA) is 173 Å². The van der Waals surface area contributed by atoms with Crippen molar-refractivity contribution in [3.8, 4) is 0 Å². The number of rotatable bonds is 7. The molecule has 10 nitrogen and oxygen atoms in total. The Hall–Kier alpha value is -3.27. The van der Waals surface area contributed by atoms with Gasteiger partial charge in [-0.05, 0) is 19.1 Å². The van der Waals surface area contributed by atoms with Gasteiger partial charge in [0.2, 0.25) is 0 Å². The Balaban J connectivity index is 0.000000590. The smallest absolute Gasteiger partial charge is 0.336 e.